The zero-order chi connectivity index (χ0) is 25.4. The van der Waals surface area contributed by atoms with Crippen molar-refractivity contribution >= 4 is 22.6 Å². The molecule has 3 aromatic rings. The van der Waals surface area contributed by atoms with Crippen LogP contribution in [-0.4, -0.2) is 53.2 Å². The van der Waals surface area contributed by atoms with E-state index in [0.29, 0.717) is 48.8 Å². The third-order valence-electron chi connectivity index (χ3n) is 6.69. The molecule has 36 heavy (non-hydrogen) atoms. The highest BCUT2D eigenvalue weighted by molar-refractivity contribution is 5.99. The molecule has 2 atom stereocenters. The van der Waals surface area contributed by atoms with Gasteiger partial charge in [0.2, 0.25) is 0 Å². The van der Waals surface area contributed by atoms with Crippen molar-refractivity contribution in [3.63, 3.8) is 0 Å². The van der Waals surface area contributed by atoms with Gasteiger partial charge in [-0.05, 0) is 42.3 Å². The Bertz CT molecular complexity index is 1280. The van der Waals surface area contributed by atoms with E-state index in [1.165, 1.54) is 6.07 Å². The van der Waals surface area contributed by atoms with Crippen molar-refractivity contribution < 1.29 is 32.2 Å². The third-order valence-corrected chi connectivity index (χ3v) is 6.69. The van der Waals surface area contributed by atoms with E-state index in [4.69, 9.17) is 19.9 Å². The lowest BCUT2D eigenvalue weighted by molar-refractivity contribution is -0.137. The van der Waals surface area contributed by atoms with Gasteiger partial charge >= 0.3 is 6.18 Å². The Balaban J connectivity index is 1.51. The topological polar surface area (TPSA) is 99.8 Å². The molecule has 8 nitrogen and oxygen atoms in total. The van der Waals surface area contributed by atoms with Crippen LogP contribution in [0.1, 0.15) is 39.2 Å². The number of benzene rings is 1. The largest absolute Gasteiger partial charge is 0.417 e. The summed E-state index contributed by atoms with van der Waals surface area (Å²) in [7, 11) is 1.57. The number of rotatable bonds is 5. The van der Waals surface area contributed by atoms with Gasteiger partial charge in [-0.3, -0.25) is 9.78 Å². The van der Waals surface area contributed by atoms with Crippen molar-refractivity contribution in [2.75, 3.05) is 26.1 Å². The van der Waals surface area contributed by atoms with E-state index in [1.807, 2.05) is 0 Å². The molecule has 1 amide bonds. The number of halogens is 3. The molecule has 1 saturated heterocycles. The molecule has 1 fully saturated rings. The van der Waals surface area contributed by atoms with E-state index in [1.54, 1.807) is 30.2 Å². The molecule has 2 aromatic heterocycles. The quantitative estimate of drug-likeness (QED) is 0.568. The molecule has 2 N–H and O–H groups in total. The second-order valence-corrected chi connectivity index (χ2v) is 8.85. The highest BCUT2D eigenvalue weighted by atomic mass is 19.4. The number of methoxy groups -OCH3 is 1. The van der Waals surface area contributed by atoms with Crippen LogP contribution in [0, 0.1) is 0 Å². The van der Waals surface area contributed by atoms with E-state index < -0.39 is 17.8 Å². The summed E-state index contributed by atoms with van der Waals surface area (Å²) < 4.78 is 55.8. The van der Waals surface area contributed by atoms with Gasteiger partial charge in [-0.25, -0.2) is 4.98 Å². The highest BCUT2D eigenvalue weighted by Crippen LogP contribution is 2.33. The first-order valence-corrected chi connectivity index (χ1v) is 11.5. The van der Waals surface area contributed by atoms with Crippen LogP contribution in [-0.2, 0) is 40.1 Å². The van der Waals surface area contributed by atoms with Crippen LogP contribution >= 0.6 is 0 Å². The monoisotopic (exact) mass is 502 g/mol. The Morgan fingerprint density at radius 2 is 2.00 bits per heavy atom. The van der Waals surface area contributed by atoms with Gasteiger partial charge in [0.05, 0.1) is 55.3 Å². The number of pyridine rings is 2. The summed E-state index contributed by atoms with van der Waals surface area (Å²) in [5.41, 5.74) is 8.31. The van der Waals surface area contributed by atoms with Crippen LogP contribution in [0.3, 0.4) is 0 Å². The van der Waals surface area contributed by atoms with Gasteiger partial charge in [0, 0.05) is 36.4 Å². The van der Waals surface area contributed by atoms with Crippen molar-refractivity contribution in [1.82, 2.24) is 14.9 Å². The van der Waals surface area contributed by atoms with E-state index in [0.717, 1.165) is 28.8 Å². The molecular formula is C25H25F3N4O4. The number of ether oxygens (including phenoxy) is 3. The van der Waals surface area contributed by atoms with Crippen molar-refractivity contribution in [2.24, 2.45) is 0 Å². The lowest BCUT2D eigenvalue weighted by Gasteiger charge is -2.39. The molecule has 11 heteroatoms. The summed E-state index contributed by atoms with van der Waals surface area (Å²) in [6.45, 7) is 1.45. The first-order valence-electron chi connectivity index (χ1n) is 11.5. The van der Waals surface area contributed by atoms with Crippen LogP contribution in [0.25, 0.3) is 10.9 Å². The molecule has 1 aromatic carbocycles. The summed E-state index contributed by atoms with van der Waals surface area (Å²) in [5, 5.41) is 0.776. The van der Waals surface area contributed by atoms with Crippen molar-refractivity contribution in [2.45, 2.75) is 44.5 Å². The van der Waals surface area contributed by atoms with Crippen molar-refractivity contribution in [3.05, 3.63) is 64.5 Å². The fraction of sp³-hybridized carbons (Fsp3) is 0.400. The van der Waals surface area contributed by atoms with Gasteiger partial charge in [0.15, 0.2) is 0 Å². The first kappa shape index (κ1) is 24.4. The minimum Gasteiger partial charge on any atom is -0.383 e. The van der Waals surface area contributed by atoms with E-state index in [9.17, 15) is 18.0 Å². The predicted molar refractivity (Wildman–Crippen MR) is 124 cm³/mol. The Hall–Kier alpha value is -3.28. The number of nitrogens with two attached hydrogens (primary N) is 1. The SMILES string of the molecule is CO[C@H]1CCOC[C@@H]1N(Cc1ccc(C(F)(F)F)cn1)C(=O)c1ccc2nc(N)c3c(c2c1)COC3. The van der Waals surface area contributed by atoms with Gasteiger partial charge in [0.25, 0.3) is 5.91 Å². The first-order chi connectivity index (χ1) is 17.3. The lowest BCUT2D eigenvalue weighted by Crippen LogP contribution is -2.52. The van der Waals surface area contributed by atoms with Crippen LogP contribution < -0.4 is 5.73 Å². The molecule has 0 spiro atoms. The number of anilines is 1. The van der Waals surface area contributed by atoms with Gasteiger partial charge in [-0.2, -0.15) is 13.2 Å². The highest BCUT2D eigenvalue weighted by Gasteiger charge is 2.35. The van der Waals surface area contributed by atoms with Gasteiger partial charge < -0.3 is 24.8 Å². The molecule has 190 valence electrons. The van der Waals surface area contributed by atoms with Crippen LogP contribution in [0.2, 0.25) is 0 Å². The summed E-state index contributed by atoms with van der Waals surface area (Å²) in [4.78, 5) is 23.9. The van der Waals surface area contributed by atoms with E-state index >= 15 is 0 Å². The van der Waals surface area contributed by atoms with Crippen LogP contribution in [0.4, 0.5) is 19.0 Å². The number of aromatic nitrogens is 2. The smallest absolute Gasteiger partial charge is 0.383 e. The number of nitrogens with zero attached hydrogens (tertiary/aromatic N) is 3. The van der Waals surface area contributed by atoms with E-state index in [2.05, 4.69) is 9.97 Å². The zero-order valence-electron chi connectivity index (χ0n) is 19.5. The Morgan fingerprint density at radius 1 is 1.19 bits per heavy atom. The molecule has 5 rings (SSSR count). The number of hydrogen-bond acceptors (Lipinski definition) is 7. The maximum Gasteiger partial charge on any atom is 0.417 e. The number of carbonyl (C=O) groups excluding carboxylic acids is 1. The number of alkyl halides is 3. The summed E-state index contributed by atoms with van der Waals surface area (Å²) in [5.74, 6) is 0.0898. The van der Waals surface area contributed by atoms with Crippen molar-refractivity contribution in [3.8, 4) is 0 Å². The fourth-order valence-electron chi connectivity index (χ4n) is 4.74. The molecular weight excluding hydrogens is 477 g/mol. The summed E-state index contributed by atoms with van der Waals surface area (Å²) >= 11 is 0. The Morgan fingerprint density at radius 3 is 2.72 bits per heavy atom. The maximum absolute atomic E-state index is 13.9. The second-order valence-electron chi connectivity index (χ2n) is 8.85. The standard InChI is InChI=1S/C25H25F3N4O4/c1-34-22-6-7-35-13-21(22)32(10-16-4-3-15(9-30-16)25(26,27)28)24(33)14-2-5-20-17(8-14)18-11-36-12-19(18)23(29)31-20/h2-5,8-9,21-22H,6-7,10-13H2,1H3,(H2,29,31)/t21-,22-/m0/s1. The molecule has 0 bridgehead atoms. The normalized spacial score (nSPS) is 19.9. The second kappa shape index (κ2) is 9.64. The molecule has 0 radical (unpaired) electrons. The van der Waals surface area contributed by atoms with Crippen molar-refractivity contribution in [1.29, 1.82) is 0 Å². The molecule has 2 aliphatic rings. The summed E-state index contributed by atoms with van der Waals surface area (Å²) in [6, 6.07) is 6.96. The zero-order valence-corrected chi connectivity index (χ0v) is 19.5. The van der Waals surface area contributed by atoms with Crippen LogP contribution in [0.5, 0.6) is 0 Å². The van der Waals surface area contributed by atoms with Gasteiger partial charge in [0.1, 0.15) is 5.82 Å². The number of nitrogen functional groups attached to an aromatic ring is 1. The lowest BCUT2D eigenvalue weighted by atomic mass is 10.00. The minimum absolute atomic E-state index is 0.00982. The average Bonchev–Trinajstić information content (AvgIpc) is 3.38. The molecule has 0 saturated carbocycles. The third kappa shape index (κ3) is 4.61. The fourth-order valence-corrected chi connectivity index (χ4v) is 4.74. The number of fused-ring (bicyclic) bond motifs is 3. The van der Waals surface area contributed by atoms with E-state index in [-0.39, 0.29) is 25.2 Å². The molecule has 0 unspecified atom stereocenters. The minimum atomic E-state index is -4.49. The van der Waals surface area contributed by atoms with Gasteiger partial charge in [-0.1, -0.05) is 0 Å². The number of hydrogen-bond donors (Lipinski definition) is 1. The number of carbonyl (C=O) groups is 1. The number of amides is 1. The maximum atomic E-state index is 13.9. The molecule has 4 heterocycles. The molecule has 2 aliphatic heterocycles. The van der Waals surface area contributed by atoms with Crippen LogP contribution in [0.15, 0.2) is 36.5 Å². The summed E-state index contributed by atoms with van der Waals surface area (Å²) in [6.07, 6.45) is -3.43. The van der Waals surface area contributed by atoms with Gasteiger partial charge in [-0.15, -0.1) is 0 Å². The Kier molecular flexibility index (Phi) is 6.54. The molecule has 0 aliphatic carbocycles. The predicted octanol–water partition coefficient (Wildman–Crippen LogP) is 3.71. The Labute approximate surface area is 205 Å². The average molecular weight is 502 g/mol.